The van der Waals surface area contributed by atoms with E-state index in [4.69, 9.17) is 0 Å². The minimum Gasteiger partial charge on any atom is -0.406 e. The van der Waals surface area contributed by atoms with Gasteiger partial charge in [-0.1, -0.05) is 12.1 Å². The van der Waals surface area contributed by atoms with Gasteiger partial charge in [-0.3, -0.25) is 14.5 Å². The van der Waals surface area contributed by atoms with E-state index in [-0.39, 0.29) is 11.4 Å². The third-order valence-electron chi connectivity index (χ3n) is 4.41. The minimum absolute atomic E-state index is 0.200. The summed E-state index contributed by atoms with van der Waals surface area (Å²) >= 11 is 0. The second-order valence-electron chi connectivity index (χ2n) is 6.37. The standard InChI is InChI=1S/C18H16F3N5O2/c19-18(20,21)28-15-3-1-13(2-4-15)11-24-9-10-25-16(12-24)23-26(17(25)27)14-5-7-22-8-6-14/h1-8H,9-12H2. The van der Waals surface area contributed by atoms with Gasteiger partial charge in [-0.2, -0.15) is 4.68 Å². The number of ether oxygens (including phenoxy) is 1. The average molecular weight is 391 g/mol. The topological polar surface area (TPSA) is 65.2 Å². The predicted octanol–water partition coefficient (Wildman–Crippen LogP) is 2.34. The Balaban J connectivity index is 1.47. The highest BCUT2D eigenvalue weighted by molar-refractivity contribution is 5.28. The number of rotatable bonds is 4. The lowest BCUT2D eigenvalue weighted by atomic mass is 10.2. The van der Waals surface area contributed by atoms with Gasteiger partial charge >= 0.3 is 12.1 Å². The zero-order valence-corrected chi connectivity index (χ0v) is 14.6. The lowest BCUT2D eigenvalue weighted by Crippen LogP contribution is -2.37. The molecule has 3 heterocycles. The predicted molar refractivity (Wildman–Crippen MR) is 92.9 cm³/mol. The first kappa shape index (κ1) is 18.2. The fourth-order valence-electron chi connectivity index (χ4n) is 3.14. The van der Waals surface area contributed by atoms with Gasteiger partial charge in [0.2, 0.25) is 0 Å². The van der Waals surface area contributed by atoms with Crippen molar-refractivity contribution in [1.82, 2.24) is 24.2 Å². The third kappa shape index (κ3) is 3.91. The zero-order chi connectivity index (χ0) is 19.7. The maximum absolute atomic E-state index is 12.5. The van der Waals surface area contributed by atoms with Crippen LogP contribution in [0.5, 0.6) is 5.75 Å². The van der Waals surface area contributed by atoms with Gasteiger partial charge in [0.1, 0.15) is 11.6 Å². The number of alkyl halides is 3. The molecule has 0 fully saturated rings. The number of pyridine rings is 1. The Morgan fingerprint density at radius 3 is 2.43 bits per heavy atom. The summed E-state index contributed by atoms with van der Waals surface area (Å²) in [4.78, 5) is 18.6. The minimum atomic E-state index is -4.70. The van der Waals surface area contributed by atoms with Crippen LogP contribution < -0.4 is 10.4 Å². The van der Waals surface area contributed by atoms with Gasteiger partial charge in [0.05, 0.1) is 12.2 Å². The highest BCUT2D eigenvalue weighted by Gasteiger charge is 2.31. The highest BCUT2D eigenvalue weighted by Crippen LogP contribution is 2.23. The largest absolute Gasteiger partial charge is 0.573 e. The van der Waals surface area contributed by atoms with Gasteiger partial charge in [-0.15, -0.1) is 18.3 Å². The van der Waals surface area contributed by atoms with Crippen molar-refractivity contribution >= 4 is 0 Å². The molecule has 0 unspecified atom stereocenters. The Kier molecular flexibility index (Phi) is 4.63. The number of hydrogen-bond acceptors (Lipinski definition) is 5. The summed E-state index contributed by atoms with van der Waals surface area (Å²) < 4.78 is 43.6. The maximum Gasteiger partial charge on any atom is 0.573 e. The number of hydrogen-bond donors (Lipinski definition) is 0. The van der Waals surface area contributed by atoms with Crippen LogP contribution in [0.3, 0.4) is 0 Å². The summed E-state index contributed by atoms with van der Waals surface area (Å²) in [5.74, 6) is 0.393. The molecule has 3 aromatic rings. The molecule has 28 heavy (non-hydrogen) atoms. The van der Waals surface area contributed by atoms with Gasteiger partial charge < -0.3 is 4.74 Å². The van der Waals surface area contributed by atoms with E-state index in [1.807, 2.05) is 0 Å². The fourth-order valence-corrected chi connectivity index (χ4v) is 3.14. The van der Waals surface area contributed by atoms with E-state index in [0.717, 1.165) is 5.56 Å². The first-order valence-electron chi connectivity index (χ1n) is 8.55. The molecular weight excluding hydrogens is 375 g/mol. The molecule has 1 aromatic carbocycles. The number of nitrogens with zero attached hydrogens (tertiary/aromatic N) is 5. The molecule has 10 heteroatoms. The van der Waals surface area contributed by atoms with E-state index in [0.29, 0.717) is 37.7 Å². The van der Waals surface area contributed by atoms with E-state index < -0.39 is 6.36 Å². The van der Waals surface area contributed by atoms with Crippen LogP contribution >= 0.6 is 0 Å². The molecule has 0 bridgehead atoms. The summed E-state index contributed by atoms with van der Waals surface area (Å²) in [6.07, 6.45) is -1.51. The lowest BCUT2D eigenvalue weighted by molar-refractivity contribution is -0.274. The summed E-state index contributed by atoms with van der Waals surface area (Å²) in [6, 6.07) is 9.20. The van der Waals surface area contributed by atoms with Crippen LogP contribution in [-0.4, -0.2) is 37.1 Å². The van der Waals surface area contributed by atoms with Gasteiger partial charge in [0, 0.05) is 32.0 Å². The molecule has 7 nitrogen and oxygen atoms in total. The van der Waals surface area contributed by atoms with Crippen molar-refractivity contribution in [3.63, 3.8) is 0 Å². The molecule has 0 N–H and O–H groups in total. The molecule has 4 rings (SSSR count). The van der Waals surface area contributed by atoms with E-state index in [2.05, 4.69) is 19.7 Å². The summed E-state index contributed by atoms with van der Waals surface area (Å²) in [5, 5.41) is 4.42. The van der Waals surface area contributed by atoms with Crippen LogP contribution in [0, 0.1) is 0 Å². The molecular formula is C18H16F3N5O2. The molecule has 0 aliphatic carbocycles. The van der Waals surface area contributed by atoms with Crippen LogP contribution in [0.4, 0.5) is 13.2 Å². The van der Waals surface area contributed by atoms with E-state index in [1.54, 1.807) is 41.2 Å². The Labute approximate surface area is 157 Å². The number of halogens is 3. The monoisotopic (exact) mass is 391 g/mol. The van der Waals surface area contributed by atoms with Crippen molar-refractivity contribution in [2.75, 3.05) is 6.54 Å². The second-order valence-corrected chi connectivity index (χ2v) is 6.37. The van der Waals surface area contributed by atoms with Gasteiger partial charge in [-0.25, -0.2) is 4.79 Å². The number of aromatic nitrogens is 4. The van der Waals surface area contributed by atoms with Crippen LogP contribution in [0.15, 0.2) is 53.6 Å². The first-order chi connectivity index (χ1) is 13.4. The Morgan fingerprint density at radius 2 is 1.75 bits per heavy atom. The quantitative estimate of drug-likeness (QED) is 0.683. The van der Waals surface area contributed by atoms with E-state index in [9.17, 15) is 18.0 Å². The Hall–Kier alpha value is -3.14. The van der Waals surface area contributed by atoms with Crippen LogP contribution in [0.2, 0.25) is 0 Å². The molecule has 0 atom stereocenters. The first-order valence-corrected chi connectivity index (χ1v) is 8.55. The lowest BCUT2D eigenvalue weighted by Gasteiger charge is -2.26. The van der Waals surface area contributed by atoms with Crippen molar-refractivity contribution in [3.8, 4) is 11.4 Å². The van der Waals surface area contributed by atoms with E-state index in [1.165, 1.54) is 16.8 Å². The van der Waals surface area contributed by atoms with Crippen molar-refractivity contribution in [2.45, 2.75) is 26.0 Å². The second kappa shape index (κ2) is 7.12. The van der Waals surface area contributed by atoms with Crippen LogP contribution in [-0.2, 0) is 19.6 Å². The zero-order valence-electron chi connectivity index (χ0n) is 14.6. The van der Waals surface area contributed by atoms with Crippen molar-refractivity contribution < 1.29 is 17.9 Å². The van der Waals surface area contributed by atoms with Gasteiger partial charge in [-0.05, 0) is 29.8 Å². The van der Waals surface area contributed by atoms with Crippen LogP contribution in [0.1, 0.15) is 11.4 Å². The number of fused-ring (bicyclic) bond motifs is 1. The fraction of sp³-hybridized carbons (Fsp3) is 0.278. The molecule has 0 saturated carbocycles. The molecule has 0 amide bonds. The smallest absolute Gasteiger partial charge is 0.406 e. The molecule has 0 radical (unpaired) electrons. The number of benzene rings is 1. The molecule has 0 spiro atoms. The molecule has 146 valence electrons. The SMILES string of the molecule is O=c1n(-c2ccncc2)nc2n1CCN(Cc1ccc(OC(F)(F)F)cc1)C2. The van der Waals surface area contributed by atoms with Crippen molar-refractivity contribution in [3.05, 3.63) is 70.7 Å². The molecule has 0 saturated heterocycles. The van der Waals surface area contributed by atoms with Gasteiger partial charge in [0.15, 0.2) is 0 Å². The van der Waals surface area contributed by atoms with Gasteiger partial charge in [0.25, 0.3) is 0 Å². The van der Waals surface area contributed by atoms with E-state index >= 15 is 0 Å². The molecule has 1 aliphatic rings. The normalized spacial score (nSPS) is 14.7. The summed E-state index contributed by atoms with van der Waals surface area (Å²) in [7, 11) is 0. The van der Waals surface area contributed by atoms with Crippen LogP contribution in [0.25, 0.3) is 5.69 Å². The maximum atomic E-state index is 12.5. The average Bonchev–Trinajstić information content (AvgIpc) is 2.99. The Bertz CT molecular complexity index is 1010. The van der Waals surface area contributed by atoms with Crippen molar-refractivity contribution in [2.24, 2.45) is 0 Å². The van der Waals surface area contributed by atoms with Crippen molar-refractivity contribution in [1.29, 1.82) is 0 Å². The molecule has 1 aliphatic heterocycles. The highest BCUT2D eigenvalue weighted by atomic mass is 19.4. The third-order valence-corrected chi connectivity index (χ3v) is 4.41. The summed E-state index contributed by atoms with van der Waals surface area (Å²) in [5.41, 5.74) is 1.29. The summed E-state index contributed by atoms with van der Waals surface area (Å²) in [6.45, 7) is 2.13. The molecule has 2 aromatic heterocycles. The Morgan fingerprint density at radius 1 is 1.04 bits per heavy atom.